The fraction of sp³-hybridized carbons (Fsp3) is 0.435. The fourth-order valence-electron chi connectivity index (χ4n) is 3.96. The number of quaternary nitrogens is 2. The number of carbonyl (C=O) groups is 1. The molecule has 1 aliphatic heterocycles. The number of likely N-dealkylation sites (N-methyl/N-ethyl adjacent to an activating group) is 1. The first-order valence-corrected chi connectivity index (χ1v) is 10.2. The van der Waals surface area contributed by atoms with Crippen molar-refractivity contribution in [3.05, 3.63) is 59.2 Å². The van der Waals surface area contributed by atoms with E-state index in [1.807, 2.05) is 31.3 Å². The van der Waals surface area contributed by atoms with Gasteiger partial charge in [0.1, 0.15) is 18.8 Å². The maximum absolute atomic E-state index is 12.4. The van der Waals surface area contributed by atoms with Crippen molar-refractivity contribution in [3.8, 4) is 5.75 Å². The lowest BCUT2D eigenvalue weighted by Crippen LogP contribution is -3.08. The normalized spacial score (nSPS) is 15.4. The van der Waals surface area contributed by atoms with Crippen LogP contribution in [-0.4, -0.2) is 39.7 Å². The molecule has 0 saturated carbocycles. The largest absolute Gasteiger partial charge is 0.496 e. The number of methoxy groups -OCH3 is 1. The van der Waals surface area contributed by atoms with Crippen LogP contribution in [0.5, 0.6) is 5.75 Å². The van der Waals surface area contributed by atoms with Gasteiger partial charge in [0, 0.05) is 29.7 Å². The van der Waals surface area contributed by atoms with E-state index in [1.54, 1.807) is 12.0 Å². The summed E-state index contributed by atoms with van der Waals surface area (Å²) in [5.74, 6) is 0.906. The molecule has 0 radical (unpaired) electrons. The van der Waals surface area contributed by atoms with Crippen LogP contribution < -0.4 is 19.9 Å². The molecule has 1 fully saturated rings. The Morgan fingerprint density at radius 3 is 2.54 bits per heavy atom. The number of nitrogens with one attached hydrogen (secondary N) is 3. The molecule has 0 spiro atoms. The molecule has 0 aliphatic carbocycles. The van der Waals surface area contributed by atoms with Crippen LogP contribution in [0.25, 0.3) is 0 Å². The van der Waals surface area contributed by atoms with E-state index >= 15 is 0 Å². The maximum Gasteiger partial charge on any atom is 0.279 e. The van der Waals surface area contributed by atoms with Crippen molar-refractivity contribution in [1.82, 2.24) is 0 Å². The molecule has 1 saturated heterocycles. The van der Waals surface area contributed by atoms with Crippen LogP contribution in [0.4, 0.5) is 5.69 Å². The van der Waals surface area contributed by atoms with Gasteiger partial charge in [0.15, 0.2) is 6.54 Å². The van der Waals surface area contributed by atoms with Gasteiger partial charge in [-0.3, -0.25) is 4.79 Å². The molecule has 1 aliphatic rings. The highest BCUT2D eigenvalue weighted by molar-refractivity contribution is 5.91. The van der Waals surface area contributed by atoms with Crippen molar-refractivity contribution < 1.29 is 19.3 Å². The zero-order valence-corrected chi connectivity index (χ0v) is 17.3. The monoisotopic (exact) mass is 383 g/mol. The molecule has 2 aromatic rings. The molecule has 5 heteroatoms. The first-order valence-electron chi connectivity index (χ1n) is 10.2. The first kappa shape index (κ1) is 20.4. The van der Waals surface area contributed by atoms with Gasteiger partial charge in [0.25, 0.3) is 5.91 Å². The zero-order chi connectivity index (χ0) is 19.9. The number of ether oxygens (including phenoxy) is 1. The van der Waals surface area contributed by atoms with Crippen LogP contribution in [0.1, 0.15) is 29.5 Å². The van der Waals surface area contributed by atoms with Crippen molar-refractivity contribution in [2.24, 2.45) is 0 Å². The molecule has 1 atom stereocenters. The lowest BCUT2D eigenvalue weighted by atomic mass is 10.1. The van der Waals surface area contributed by atoms with Crippen LogP contribution in [0.2, 0.25) is 0 Å². The Morgan fingerprint density at radius 2 is 1.86 bits per heavy atom. The number of rotatable bonds is 8. The van der Waals surface area contributed by atoms with Gasteiger partial charge in [-0.15, -0.1) is 0 Å². The standard InChI is InChI=1S/C23H31N3O2/c1-18-6-11-22(28-3)20(14-18)16-25(2)17-23(27)24-21-9-7-19(8-10-21)15-26-12-4-5-13-26/h6-11,14H,4-5,12-13,15-17H2,1-3H3,(H,24,27)/p+2. The summed E-state index contributed by atoms with van der Waals surface area (Å²) < 4.78 is 5.44. The average molecular weight is 384 g/mol. The smallest absolute Gasteiger partial charge is 0.279 e. The topological polar surface area (TPSA) is 47.2 Å². The summed E-state index contributed by atoms with van der Waals surface area (Å²) >= 11 is 0. The van der Waals surface area contributed by atoms with Crippen molar-refractivity contribution in [2.75, 3.05) is 39.1 Å². The second kappa shape index (κ2) is 9.71. The number of carbonyl (C=O) groups excluding carboxylic acids is 1. The minimum Gasteiger partial charge on any atom is -0.496 e. The predicted molar refractivity (Wildman–Crippen MR) is 112 cm³/mol. The van der Waals surface area contributed by atoms with E-state index in [9.17, 15) is 4.79 Å². The Balaban J connectivity index is 1.50. The van der Waals surface area contributed by atoms with E-state index in [-0.39, 0.29) is 5.91 Å². The summed E-state index contributed by atoms with van der Waals surface area (Å²) in [6, 6.07) is 14.5. The SMILES string of the molecule is COc1ccc(C)cc1C[NH+](C)CC(=O)Nc1ccc(C[NH+]2CCCC2)cc1. The number of benzene rings is 2. The van der Waals surface area contributed by atoms with Gasteiger partial charge in [-0.1, -0.05) is 23.8 Å². The third-order valence-corrected chi connectivity index (χ3v) is 5.39. The zero-order valence-electron chi connectivity index (χ0n) is 17.3. The Hall–Kier alpha value is -2.37. The van der Waals surface area contributed by atoms with Gasteiger partial charge < -0.3 is 19.9 Å². The van der Waals surface area contributed by atoms with Gasteiger partial charge >= 0.3 is 0 Å². The first-order chi connectivity index (χ1) is 13.5. The van der Waals surface area contributed by atoms with Gasteiger partial charge in [0.05, 0.1) is 27.2 Å². The maximum atomic E-state index is 12.4. The van der Waals surface area contributed by atoms with Crippen LogP contribution in [0, 0.1) is 6.92 Å². The second-order valence-corrected chi connectivity index (χ2v) is 8.00. The summed E-state index contributed by atoms with van der Waals surface area (Å²) in [5.41, 5.74) is 4.53. The van der Waals surface area contributed by atoms with E-state index < -0.39 is 0 Å². The minimum absolute atomic E-state index is 0.0297. The number of amides is 1. The molecule has 3 rings (SSSR count). The Morgan fingerprint density at radius 1 is 1.14 bits per heavy atom. The van der Waals surface area contributed by atoms with E-state index in [2.05, 4.69) is 30.4 Å². The molecule has 28 heavy (non-hydrogen) atoms. The van der Waals surface area contributed by atoms with Crippen LogP contribution in [0.3, 0.4) is 0 Å². The number of hydrogen-bond acceptors (Lipinski definition) is 2. The number of likely N-dealkylation sites (tertiary alicyclic amines) is 1. The molecular weight excluding hydrogens is 350 g/mol. The molecule has 3 N–H and O–H groups in total. The molecule has 0 aromatic heterocycles. The van der Waals surface area contributed by atoms with E-state index in [0.29, 0.717) is 6.54 Å². The van der Waals surface area contributed by atoms with Crippen molar-refractivity contribution in [1.29, 1.82) is 0 Å². The average Bonchev–Trinajstić information content (AvgIpc) is 3.16. The van der Waals surface area contributed by atoms with Crippen molar-refractivity contribution in [3.63, 3.8) is 0 Å². The summed E-state index contributed by atoms with van der Waals surface area (Å²) in [4.78, 5) is 15.2. The molecule has 0 bridgehead atoms. The number of hydrogen-bond donors (Lipinski definition) is 3. The van der Waals surface area contributed by atoms with Gasteiger partial charge in [-0.05, 0) is 31.2 Å². The van der Waals surface area contributed by atoms with E-state index in [4.69, 9.17) is 4.74 Å². The van der Waals surface area contributed by atoms with E-state index in [1.165, 1.54) is 37.1 Å². The van der Waals surface area contributed by atoms with Crippen LogP contribution >= 0.6 is 0 Å². The van der Waals surface area contributed by atoms with Gasteiger partial charge in [-0.25, -0.2) is 0 Å². The third-order valence-electron chi connectivity index (χ3n) is 5.39. The van der Waals surface area contributed by atoms with Crippen molar-refractivity contribution in [2.45, 2.75) is 32.9 Å². The summed E-state index contributed by atoms with van der Waals surface area (Å²) in [6.07, 6.45) is 2.68. The molecular formula is C23H33N3O2+2. The highest BCUT2D eigenvalue weighted by Crippen LogP contribution is 2.18. The van der Waals surface area contributed by atoms with Crippen molar-refractivity contribution >= 4 is 11.6 Å². The second-order valence-electron chi connectivity index (χ2n) is 8.00. The molecule has 150 valence electrons. The third kappa shape index (κ3) is 5.81. The molecule has 2 aromatic carbocycles. The molecule has 5 nitrogen and oxygen atoms in total. The Labute approximate surface area is 168 Å². The van der Waals surface area contributed by atoms with Gasteiger partial charge in [0.2, 0.25) is 0 Å². The molecule has 1 amide bonds. The quantitative estimate of drug-likeness (QED) is 0.633. The molecule has 1 unspecified atom stereocenters. The minimum atomic E-state index is 0.0297. The highest BCUT2D eigenvalue weighted by Gasteiger charge is 2.16. The summed E-state index contributed by atoms with van der Waals surface area (Å²) in [5, 5.41) is 3.02. The summed E-state index contributed by atoms with van der Waals surface area (Å²) in [6.45, 7) is 6.87. The fourth-order valence-corrected chi connectivity index (χ4v) is 3.96. The molecule has 1 heterocycles. The van der Waals surface area contributed by atoms with E-state index in [0.717, 1.165) is 35.0 Å². The predicted octanol–water partition coefficient (Wildman–Crippen LogP) is 0.836. The summed E-state index contributed by atoms with van der Waals surface area (Å²) in [7, 11) is 3.72. The number of aryl methyl sites for hydroxylation is 1. The Bertz CT molecular complexity index is 783. The lowest BCUT2D eigenvalue weighted by molar-refractivity contribution is -0.901. The van der Waals surface area contributed by atoms with Gasteiger partial charge in [-0.2, -0.15) is 0 Å². The highest BCUT2D eigenvalue weighted by atomic mass is 16.5. The van der Waals surface area contributed by atoms with Crippen LogP contribution in [0.15, 0.2) is 42.5 Å². The van der Waals surface area contributed by atoms with Crippen LogP contribution in [-0.2, 0) is 17.9 Å². The number of anilines is 1. The Kier molecular flexibility index (Phi) is 7.06. The lowest BCUT2D eigenvalue weighted by Gasteiger charge is -2.16.